The zero-order valence-electron chi connectivity index (χ0n) is 11.0. The predicted molar refractivity (Wildman–Crippen MR) is 67.0 cm³/mol. The van der Waals surface area contributed by atoms with Gasteiger partial charge < -0.3 is 10.6 Å². The van der Waals surface area contributed by atoms with Crippen molar-refractivity contribution in [3.8, 4) is 0 Å². The van der Waals surface area contributed by atoms with Crippen molar-refractivity contribution in [2.45, 2.75) is 46.5 Å². The summed E-state index contributed by atoms with van der Waals surface area (Å²) in [6, 6.07) is 0. The van der Waals surface area contributed by atoms with Crippen LogP contribution >= 0.6 is 0 Å². The maximum absolute atomic E-state index is 12.4. The number of hydrogen-bond donors (Lipinski definition) is 1. The molecule has 0 aromatic heterocycles. The van der Waals surface area contributed by atoms with Gasteiger partial charge in [0.2, 0.25) is 5.91 Å². The molecular weight excluding hydrogens is 200 g/mol. The normalized spacial score (nSPS) is 20.0. The van der Waals surface area contributed by atoms with Crippen molar-refractivity contribution >= 4 is 5.91 Å². The van der Waals surface area contributed by atoms with Crippen LogP contribution in [0.5, 0.6) is 0 Å². The summed E-state index contributed by atoms with van der Waals surface area (Å²) in [4.78, 5) is 14.4. The van der Waals surface area contributed by atoms with E-state index < -0.39 is 0 Å². The van der Waals surface area contributed by atoms with E-state index in [0.29, 0.717) is 6.54 Å². The molecule has 94 valence electrons. The highest BCUT2D eigenvalue weighted by Gasteiger charge is 2.34. The van der Waals surface area contributed by atoms with Crippen LogP contribution in [0.3, 0.4) is 0 Å². The van der Waals surface area contributed by atoms with E-state index in [9.17, 15) is 4.79 Å². The van der Waals surface area contributed by atoms with Crippen LogP contribution in [0.1, 0.15) is 46.5 Å². The first-order valence-electron chi connectivity index (χ1n) is 6.56. The van der Waals surface area contributed by atoms with E-state index in [1.807, 2.05) is 18.7 Å². The van der Waals surface area contributed by atoms with E-state index in [-0.39, 0.29) is 11.3 Å². The van der Waals surface area contributed by atoms with Crippen LogP contribution in [0.4, 0.5) is 0 Å². The van der Waals surface area contributed by atoms with Crippen molar-refractivity contribution in [3.63, 3.8) is 0 Å². The van der Waals surface area contributed by atoms with E-state index in [2.05, 4.69) is 6.92 Å². The zero-order chi connectivity index (χ0) is 12.2. The molecule has 1 atom stereocenters. The molecule has 0 aromatic rings. The summed E-state index contributed by atoms with van der Waals surface area (Å²) in [7, 11) is 0. The largest absolute Gasteiger partial charge is 0.342 e. The Balaban J connectivity index is 2.59. The molecule has 3 nitrogen and oxygen atoms in total. The molecule has 16 heavy (non-hydrogen) atoms. The molecule has 0 radical (unpaired) electrons. The summed E-state index contributed by atoms with van der Waals surface area (Å²) < 4.78 is 0. The number of nitrogens with two attached hydrogens (primary N) is 1. The maximum atomic E-state index is 12.4. The molecule has 0 spiro atoms. The lowest BCUT2D eigenvalue weighted by Gasteiger charge is -2.37. The van der Waals surface area contributed by atoms with Crippen molar-refractivity contribution in [2.24, 2.45) is 17.1 Å². The maximum Gasteiger partial charge on any atom is 0.229 e. The van der Waals surface area contributed by atoms with Crippen molar-refractivity contribution in [1.82, 2.24) is 4.90 Å². The number of hydrogen-bond acceptors (Lipinski definition) is 2. The van der Waals surface area contributed by atoms with Crippen molar-refractivity contribution in [1.29, 1.82) is 0 Å². The quantitative estimate of drug-likeness (QED) is 0.753. The molecule has 2 N–H and O–H groups in total. The molecule has 0 aliphatic heterocycles. The molecule has 1 aliphatic rings. The zero-order valence-corrected chi connectivity index (χ0v) is 11.0. The summed E-state index contributed by atoms with van der Waals surface area (Å²) >= 11 is 0. The van der Waals surface area contributed by atoms with E-state index in [4.69, 9.17) is 5.73 Å². The van der Waals surface area contributed by atoms with Crippen molar-refractivity contribution in [2.75, 3.05) is 19.6 Å². The van der Waals surface area contributed by atoms with Gasteiger partial charge in [-0.1, -0.05) is 13.3 Å². The third-order valence-electron chi connectivity index (χ3n) is 4.12. The van der Waals surface area contributed by atoms with Gasteiger partial charge in [0.15, 0.2) is 0 Å². The molecule has 0 aromatic carbocycles. The molecule has 1 rings (SSSR count). The highest BCUT2D eigenvalue weighted by atomic mass is 16.2. The Kier molecular flexibility index (Phi) is 4.78. The van der Waals surface area contributed by atoms with Gasteiger partial charge in [-0.25, -0.2) is 0 Å². The molecule has 1 aliphatic carbocycles. The Labute approximate surface area is 99.4 Å². The lowest BCUT2D eigenvalue weighted by Crippen LogP contribution is -2.48. The summed E-state index contributed by atoms with van der Waals surface area (Å²) in [6.07, 6.45) is 4.73. The van der Waals surface area contributed by atoms with Crippen molar-refractivity contribution in [3.05, 3.63) is 0 Å². The monoisotopic (exact) mass is 226 g/mol. The van der Waals surface area contributed by atoms with Gasteiger partial charge in [0, 0.05) is 19.6 Å². The van der Waals surface area contributed by atoms with Gasteiger partial charge >= 0.3 is 0 Å². The minimum atomic E-state index is -0.361. The SMILES string of the molecule is CCN(CC1CCC1)C(=O)C(C)(CC)CN. The molecule has 3 heteroatoms. The highest BCUT2D eigenvalue weighted by molar-refractivity contribution is 5.82. The van der Waals surface area contributed by atoms with Gasteiger partial charge in [-0.2, -0.15) is 0 Å². The van der Waals surface area contributed by atoms with E-state index in [1.165, 1.54) is 19.3 Å². The molecule has 0 bridgehead atoms. The third-order valence-corrected chi connectivity index (χ3v) is 4.12. The number of rotatable bonds is 6. The van der Waals surface area contributed by atoms with Gasteiger partial charge in [-0.05, 0) is 39.0 Å². The predicted octanol–water partition coefficient (Wildman–Crippen LogP) is 2.01. The summed E-state index contributed by atoms with van der Waals surface area (Å²) in [6.45, 7) is 8.28. The Morgan fingerprint density at radius 1 is 1.44 bits per heavy atom. The Morgan fingerprint density at radius 3 is 2.38 bits per heavy atom. The standard InChI is InChI=1S/C13H26N2O/c1-4-13(3,10-14)12(16)15(5-2)9-11-7-6-8-11/h11H,4-10,14H2,1-3H3. The van der Waals surface area contributed by atoms with Crippen LogP contribution < -0.4 is 5.73 Å². The summed E-state index contributed by atoms with van der Waals surface area (Å²) in [5.41, 5.74) is 5.38. The molecule has 1 unspecified atom stereocenters. The average Bonchev–Trinajstić information content (AvgIpc) is 2.26. The number of nitrogens with zero attached hydrogens (tertiary/aromatic N) is 1. The van der Waals surface area contributed by atoms with Crippen LogP contribution in [0.25, 0.3) is 0 Å². The first-order valence-corrected chi connectivity index (χ1v) is 6.56. The van der Waals surface area contributed by atoms with Gasteiger partial charge in [0.25, 0.3) is 0 Å². The van der Waals surface area contributed by atoms with Crippen molar-refractivity contribution < 1.29 is 4.79 Å². The van der Waals surface area contributed by atoms with Gasteiger partial charge in [-0.3, -0.25) is 4.79 Å². The molecule has 1 saturated carbocycles. The second kappa shape index (κ2) is 5.67. The molecule has 0 heterocycles. The lowest BCUT2D eigenvalue weighted by molar-refractivity contribution is -0.141. The van der Waals surface area contributed by atoms with Crippen LogP contribution in [-0.2, 0) is 4.79 Å². The number of carbonyl (C=O) groups excluding carboxylic acids is 1. The van der Waals surface area contributed by atoms with Gasteiger partial charge in [-0.15, -0.1) is 0 Å². The minimum absolute atomic E-state index is 0.243. The summed E-state index contributed by atoms with van der Waals surface area (Å²) in [5.74, 6) is 0.981. The van der Waals surface area contributed by atoms with Crippen LogP contribution in [-0.4, -0.2) is 30.4 Å². The van der Waals surface area contributed by atoms with Crippen LogP contribution in [0.15, 0.2) is 0 Å². The third kappa shape index (κ3) is 2.76. The Hall–Kier alpha value is -0.570. The van der Waals surface area contributed by atoms with Gasteiger partial charge in [0.1, 0.15) is 0 Å². The fourth-order valence-electron chi connectivity index (χ4n) is 2.11. The molecule has 1 fully saturated rings. The fourth-order valence-corrected chi connectivity index (χ4v) is 2.11. The molecular formula is C13H26N2O. The number of carbonyl (C=O) groups is 1. The van der Waals surface area contributed by atoms with Gasteiger partial charge in [0.05, 0.1) is 5.41 Å². The van der Waals surface area contributed by atoms with Crippen LogP contribution in [0, 0.1) is 11.3 Å². The average molecular weight is 226 g/mol. The van der Waals surface area contributed by atoms with E-state index >= 15 is 0 Å². The second-order valence-electron chi connectivity index (χ2n) is 5.26. The topological polar surface area (TPSA) is 46.3 Å². The Bertz CT molecular complexity index is 232. The molecule has 1 amide bonds. The van der Waals surface area contributed by atoms with Crippen LogP contribution in [0.2, 0.25) is 0 Å². The Morgan fingerprint density at radius 2 is 2.06 bits per heavy atom. The number of amides is 1. The highest BCUT2D eigenvalue weighted by Crippen LogP contribution is 2.29. The fraction of sp³-hybridized carbons (Fsp3) is 0.923. The first-order chi connectivity index (χ1) is 7.57. The molecule has 0 saturated heterocycles. The minimum Gasteiger partial charge on any atom is -0.342 e. The first kappa shape index (κ1) is 13.5. The second-order valence-corrected chi connectivity index (χ2v) is 5.26. The lowest BCUT2D eigenvalue weighted by atomic mass is 9.82. The van der Waals surface area contributed by atoms with E-state index in [1.54, 1.807) is 0 Å². The smallest absolute Gasteiger partial charge is 0.229 e. The van der Waals surface area contributed by atoms with E-state index in [0.717, 1.165) is 25.4 Å². The summed E-state index contributed by atoms with van der Waals surface area (Å²) in [5, 5.41) is 0.